The molecule has 0 aliphatic carbocycles. The maximum absolute atomic E-state index is 12.8. The molecule has 0 spiro atoms. The second kappa shape index (κ2) is 5.19. The molecule has 1 heterocycles. The lowest BCUT2D eigenvalue weighted by Gasteiger charge is -2.13. The quantitative estimate of drug-likeness (QED) is 0.916. The average molecular weight is 284 g/mol. The van der Waals surface area contributed by atoms with Gasteiger partial charge in [0, 0.05) is 17.8 Å². The van der Waals surface area contributed by atoms with Crippen molar-refractivity contribution in [2.75, 3.05) is 5.32 Å². The molecule has 1 N–H and O–H groups in total. The third kappa shape index (κ3) is 2.95. The van der Waals surface area contributed by atoms with Crippen LogP contribution in [0, 0.1) is 20.8 Å². The van der Waals surface area contributed by atoms with E-state index >= 15 is 0 Å². The highest BCUT2D eigenvalue weighted by Gasteiger charge is 2.32. The summed E-state index contributed by atoms with van der Waals surface area (Å²) in [6.45, 7) is 5.39. The summed E-state index contributed by atoms with van der Waals surface area (Å²) < 4.78 is 43.5. The highest BCUT2D eigenvalue weighted by molar-refractivity contribution is 5.50. The highest BCUT2D eigenvalue weighted by Crippen LogP contribution is 2.33. The molecule has 0 saturated carbocycles. The summed E-state index contributed by atoms with van der Waals surface area (Å²) in [7, 11) is 0. The molecule has 0 amide bonds. The molecule has 1 aromatic carbocycles. The van der Waals surface area contributed by atoms with E-state index in [1.807, 2.05) is 0 Å². The van der Waals surface area contributed by atoms with Crippen molar-refractivity contribution in [1.82, 2.24) is 5.16 Å². The van der Waals surface area contributed by atoms with E-state index in [0.29, 0.717) is 18.0 Å². The first-order valence-electron chi connectivity index (χ1n) is 6.12. The van der Waals surface area contributed by atoms with Crippen LogP contribution in [0.15, 0.2) is 22.7 Å². The Bertz CT molecular complexity index is 598. The van der Waals surface area contributed by atoms with E-state index in [1.54, 1.807) is 19.9 Å². The fraction of sp³-hybridized carbons (Fsp3) is 0.357. The van der Waals surface area contributed by atoms with Crippen LogP contribution in [0.1, 0.15) is 28.1 Å². The monoisotopic (exact) mass is 284 g/mol. The molecule has 0 aliphatic heterocycles. The number of hydrogen-bond donors (Lipinski definition) is 1. The molecule has 3 nitrogen and oxygen atoms in total. The summed E-state index contributed by atoms with van der Waals surface area (Å²) >= 11 is 0. The normalized spacial score (nSPS) is 11.7. The van der Waals surface area contributed by atoms with E-state index in [9.17, 15) is 13.2 Å². The fourth-order valence-electron chi connectivity index (χ4n) is 1.98. The number of nitrogens with one attached hydrogen (secondary N) is 1. The molecular formula is C14H15F3N2O. The lowest BCUT2D eigenvalue weighted by atomic mass is 10.1. The van der Waals surface area contributed by atoms with Crippen molar-refractivity contribution in [1.29, 1.82) is 0 Å². The number of nitrogens with zero attached hydrogens (tertiary/aromatic N) is 1. The number of hydrogen-bond acceptors (Lipinski definition) is 3. The summed E-state index contributed by atoms with van der Waals surface area (Å²) in [4.78, 5) is 0. The van der Waals surface area contributed by atoms with E-state index in [1.165, 1.54) is 13.0 Å². The van der Waals surface area contributed by atoms with Crippen LogP contribution in [-0.4, -0.2) is 5.16 Å². The molecular weight excluding hydrogens is 269 g/mol. The first-order chi connectivity index (χ1) is 9.29. The van der Waals surface area contributed by atoms with Crippen LogP contribution in [-0.2, 0) is 12.7 Å². The van der Waals surface area contributed by atoms with Crippen molar-refractivity contribution in [3.63, 3.8) is 0 Å². The summed E-state index contributed by atoms with van der Waals surface area (Å²) in [6, 6.07) is 4.20. The summed E-state index contributed by atoms with van der Waals surface area (Å²) in [5, 5.41) is 6.77. The minimum Gasteiger partial charge on any atom is -0.381 e. The van der Waals surface area contributed by atoms with E-state index in [2.05, 4.69) is 10.5 Å². The van der Waals surface area contributed by atoms with Gasteiger partial charge in [0.05, 0.1) is 11.3 Å². The standard InChI is InChI=1S/C14H15F3N2O/c1-8-4-5-11(6-13(8)14(15,16)17)18-7-12-9(2)19-20-10(12)3/h4-6,18H,7H2,1-3H3. The minimum absolute atomic E-state index is 0.209. The number of halogens is 3. The second-order valence-electron chi connectivity index (χ2n) is 4.68. The Labute approximate surface area is 114 Å². The van der Waals surface area contributed by atoms with E-state index in [-0.39, 0.29) is 5.56 Å². The van der Waals surface area contributed by atoms with Gasteiger partial charge >= 0.3 is 6.18 Å². The van der Waals surface area contributed by atoms with Crippen LogP contribution in [0.4, 0.5) is 18.9 Å². The first kappa shape index (κ1) is 14.4. The number of benzene rings is 1. The molecule has 108 valence electrons. The number of alkyl halides is 3. The van der Waals surface area contributed by atoms with Crippen LogP contribution in [0.5, 0.6) is 0 Å². The second-order valence-corrected chi connectivity index (χ2v) is 4.68. The Morgan fingerprint density at radius 1 is 1.20 bits per heavy atom. The van der Waals surface area contributed by atoms with Gasteiger partial charge in [-0.2, -0.15) is 13.2 Å². The first-order valence-corrected chi connectivity index (χ1v) is 6.12. The van der Waals surface area contributed by atoms with Crippen LogP contribution in [0.3, 0.4) is 0 Å². The van der Waals surface area contributed by atoms with Crippen molar-refractivity contribution in [3.8, 4) is 0 Å². The maximum Gasteiger partial charge on any atom is 0.416 e. The molecule has 0 bridgehead atoms. The summed E-state index contributed by atoms with van der Waals surface area (Å²) in [6.07, 6.45) is -4.34. The molecule has 2 rings (SSSR count). The molecule has 0 saturated heterocycles. The van der Waals surface area contributed by atoms with Gasteiger partial charge in [-0.3, -0.25) is 0 Å². The lowest BCUT2D eigenvalue weighted by molar-refractivity contribution is -0.138. The third-order valence-corrected chi connectivity index (χ3v) is 3.19. The molecule has 20 heavy (non-hydrogen) atoms. The van der Waals surface area contributed by atoms with Crippen molar-refractivity contribution in [3.05, 3.63) is 46.3 Å². The van der Waals surface area contributed by atoms with Gasteiger partial charge in [0.1, 0.15) is 5.76 Å². The Morgan fingerprint density at radius 3 is 2.45 bits per heavy atom. The van der Waals surface area contributed by atoms with Crippen LogP contribution >= 0.6 is 0 Å². The van der Waals surface area contributed by atoms with E-state index in [4.69, 9.17) is 4.52 Å². The molecule has 1 aromatic heterocycles. The topological polar surface area (TPSA) is 38.1 Å². The largest absolute Gasteiger partial charge is 0.416 e. The molecule has 0 radical (unpaired) electrons. The van der Waals surface area contributed by atoms with Crippen molar-refractivity contribution in [2.45, 2.75) is 33.5 Å². The van der Waals surface area contributed by atoms with Gasteiger partial charge in [0.25, 0.3) is 0 Å². The Hall–Kier alpha value is -1.98. The number of aryl methyl sites for hydroxylation is 3. The molecule has 2 aromatic rings. The average Bonchev–Trinajstić information content (AvgIpc) is 2.67. The number of anilines is 1. The van der Waals surface area contributed by atoms with Crippen LogP contribution in [0.2, 0.25) is 0 Å². The summed E-state index contributed by atoms with van der Waals surface area (Å²) in [5.41, 5.74) is 1.60. The zero-order valence-corrected chi connectivity index (χ0v) is 11.4. The van der Waals surface area contributed by atoms with Crippen LogP contribution < -0.4 is 5.32 Å². The highest BCUT2D eigenvalue weighted by atomic mass is 19.4. The zero-order valence-electron chi connectivity index (χ0n) is 11.4. The third-order valence-electron chi connectivity index (χ3n) is 3.19. The minimum atomic E-state index is -4.34. The van der Waals surface area contributed by atoms with E-state index < -0.39 is 11.7 Å². The molecule has 6 heteroatoms. The Morgan fingerprint density at radius 2 is 1.90 bits per heavy atom. The maximum atomic E-state index is 12.8. The predicted molar refractivity (Wildman–Crippen MR) is 69.5 cm³/mol. The van der Waals surface area contributed by atoms with Crippen molar-refractivity contribution < 1.29 is 17.7 Å². The van der Waals surface area contributed by atoms with Gasteiger partial charge in [0.2, 0.25) is 0 Å². The van der Waals surface area contributed by atoms with E-state index in [0.717, 1.165) is 17.3 Å². The molecule has 0 fully saturated rings. The predicted octanol–water partition coefficient (Wildman–Crippen LogP) is 4.23. The Balaban J connectivity index is 2.19. The summed E-state index contributed by atoms with van der Waals surface area (Å²) in [5.74, 6) is 0.665. The van der Waals surface area contributed by atoms with Crippen molar-refractivity contribution in [2.24, 2.45) is 0 Å². The van der Waals surface area contributed by atoms with Gasteiger partial charge in [-0.15, -0.1) is 0 Å². The molecule has 0 aliphatic rings. The van der Waals surface area contributed by atoms with Gasteiger partial charge in [-0.25, -0.2) is 0 Å². The SMILES string of the molecule is Cc1ccc(NCc2c(C)noc2C)cc1C(F)(F)F. The van der Waals surface area contributed by atoms with Crippen LogP contribution in [0.25, 0.3) is 0 Å². The van der Waals surface area contributed by atoms with Gasteiger partial charge < -0.3 is 9.84 Å². The van der Waals surface area contributed by atoms with Gasteiger partial charge in [-0.1, -0.05) is 11.2 Å². The van der Waals surface area contributed by atoms with Crippen molar-refractivity contribution >= 4 is 5.69 Å². The smallest absolute Gasteiger partial charge is 0.381 e. The fourth-order valence-corrected chi connectivity index (χ4v) is 1.98. The zero-order chi connectivity index (χ0) is 14.9. The van der Waals surface area contributed by atoms with Gasteiger partial charge in [0.15, 0.2) is 0 Å². The number of aromatic nitrogens is 1. The number of rotatable bonds is 3. The molecule has 0 atom stereocenters. The van der Waals surface area contributed by atoms with Gasteiger partial charge in [-0.05, 0) is 38.5 Å². The molecule has 0 unspecified atom stereocenters. The lowest BCUT2D eigenvalue weighted by Crippen LogP contribution is -2.09. The Kier molecular flexibility index (Phi) is 3.74.